The second kappa shape index (κ2) is 64.3. The smallest absolute Gasteiger partial charge is 0.220 e. The maximum Gasteiger partial charge on any atom is 0.220 e. The molecule has 3 saturated heterocycles. The number of aliphatic hydroxyl groups is 11. The molecule has 0 aromatic carbocycles. The molecule has 12 N–H and O–H groups in total. The minimum Gasteiger partial charge on any atom is -0.394 e. The summed E-state index contributed by atoms with van der Waals surface area (Å²) in [5, 5.41) is 121. The lowest BCUT2D eigenvalue weighted by Gasteiger charge is -2.48. The van der Waals surface area contributed by atoms with Crippen LogP contribution in [0.1, 0.15) is 335 Å². The first kappa shape index (κ1) is 94.7. The van der Waals surface area contributed by atoms with E-state index in [0.29, 0.717) is 12.8 Å². The Kier molecular flexibility index (Phi) is 59.1. The summed E-state index contributed by atoms with van der Waals surface area (Å²) in [6.07, 6.45) is 56.5. The summed E-state index contributed by atoms with van der Waals surface area (Å²) in [4.78, 5) is 13.5. The lowest BCUT2D eigenvalue weighted by Crippen LogP contribution is -2.66. The summed E-state index contributed by atoms with van der Waals surface area (Å²) < 4.78 is 34.5. The van der Waals surface area contributed by atoms with Crippen LogP contribution >= 0.6 is 0 Å². The van der Waals surface area contributed by atoms with Crippen molar-refractivity contribution in [3.8, 4) is 0 Å². The molecule has 0 aromatic rings. The quantitative estimate of drug-likeness (QED) is 0.0199. The van der Waals surface area contributed by atoms with Gasteiger partial charge < -0.3 is 89.9 Å². The third-order valence-electron chi connectivity index (χ3n) is 20.8. The monoisotopic (exact) mass is 1460 g/mol. The van der Waals surface area contributed by atoms with E-state index in [2.05, 4.69) is 67.8 Å². The highest BCUT2D eigenvalue weighted by molar-refractivity contribution is 5.76. The van der Waals surface area contributed by atoms with Crippen molar-refractivity contribution < 1.29 is 89.4 Å². The minimum absolute atomic E-state index is 0.233. The molecule has 3 aliphatic heterocycles. The molecule has 3 fully saturated rings. The Morgan fingerprint density at radius 1 is 0.350 bits per heavy atom. The van der Waals surface area contributed by atoms with E-state index in [-0.39, 0.29) is 18.9 Å². The van der Waals surface area contributed by atoms with Gasteiger partial charge in [0.05, 0.1) is 38.6 Å². The molecule has 19 nitrogen and oxygen atoms in total. The van der Waals surface area contributed by atoms with Crippen molar-refractivity contribution in [1.29, 1.82) is 0 Å². The van der Waals surface area contributed by atoms with E-state index in [1.54, 1.807) is 6.08 Å². The van der Waals surface area contributed by atoms with Crippen molar-refractivity contribution in [1.82, 2.24) is 5.32 Å². The first-order valence-corrected chi connectivity index (χ1v) is 42.0. The number of unbranched alkanes of at least 4 members (excludes halogenated alkanes) is 43. The number of nitrogens with one attached hydrogen (secondary N) is 1. The second-order valence-corrected chi connectivity index (χ2v) is 29.9. The number of rotatable bonds is 67. The van der Waals surface area contributed by atoms with E-state index >= 15 is 0 Å². The molecule has 0 aliphatic carbocycles. The zero-order chi connectivity index (χ0) is 74.6. The van der Waals surface area contributed by atoms with Crippen LogP contribution in [0.15, 0.2) is 60.8 Å². The highest BCUT2D eigenvalue weighted by atomic mass is 16.8. The molecule has 17 atom stereocenters. The average Bonchev–Trinajstić information content (AvgIpc) is 0.781. The molecule has 1 amide bonds. The molecule has 103 heavy (non-hydrogen) atoms. The van der Waals surface area contributed by atoms with Gasteiger partial charge in [-0.1, -0.05) is 312 Å². The maximum atomic E-state index is 13.5. The molecule has 0 aromatic heterocycles. The van der Waals surface area contributed by atoms with Crippen LogP contribution in [0.4, 0.5) is 0 Å². The number of hydrogen-bond acceptors (Lipinski definition) is 18. The molecular weight excluding hydrogens is 1310 g/mol. The van der Waals surface area contributed by atoms with Gasteiger partial charge in [-0.15, -0.1) is 0 Å². The van der Waals surface area contributed by atoms with Crippen LogP contribution in [0.3, 0.4) is 0 Å². The largest absolute Gasteiger partial charge is 0.394 e. The van der Waals surface area contributed by atoms with Crippen molar-refractivity contribution in [2.75, 3.05) is 26.4 Å². The molecule has 3 rings (SSSR count). The molecule has 3 aliphatic rings. The number of amides is 1. The maximum absolute atomic E-state index is 13.5. The second-order valence-electron chi connectivity index (χ2n) is 29.9. The summed E-state index contributed by atoms with van der Waals surface area (Å²) in [7, 11) is 0. The van der Waals surface area contributed by atoms with Gasteiger partial charge in [0.2, 0.25) is 5.91 Å². The Bertz CT molecular complexity index is 2090. The molecule has 0 spiro atoms. The van der Waals surface area contributed by atoms with Gasteiger partial charge in [0.1, 0.15) is 73.2 Å². The summed E-state index contributed by atoms with van der Waals surface area (Å²) in [6.45, 7) is 1.75. The van der Waals surface area contributed by atoms with Gasteiger partial charge in [-0.3, -0.25) is 4.79 Å². The molecule has 0 radical (unpaired) electrons. The molecule has 19 heteroatoms. The van der Waals surface area contributed by atoms with E-state index < -0.39 is 124 Å². The summed E-state index contributed by atoms with van der Waals surface area (Å²) in [5.41, 5.74) is 0. The SMILES string of the molecule is CCCCCCC/C=C\C/C=C\CCCCCCCCCCCCCCCCCCCCCC(=O)NC(COC1OC(CO)C(OC2OC(CO)C(OC3OC(CO)C(O)C(O)C3O)C(O)C2O)C(O)C1O)C(O)/C=C/CC/C=C/CC/C=C/CCCCCCCCCCCCCCCCCCC. The van der Waals surface area contributed by atoms with Gasteiger partial charge in [0.15, 0.2) is 18.9 Å². The Morgan fingerprint density at radius 3 is 1.03 bits per heavy atom. The van der Waals surface area contributed by atoms with Crippen LogP contribution in [0, 0.1) is 0 Å². The summed E-state index contributed by atoms with van der Waals surface area (Å²) in [6, 6.07) is -0.999. The summed E-state index contributed by atoms with van der Waals surface area (Å²) >= 11 is 0. The third kappa shape index (κ3) is 44.1. The Morgan fingerprint density at radius 2 is 0.650 bits per heavy atom. The zero-order valence-corrected chi connectivity index (χ0v) is 64.5. The van der Waals surface area contributed by atoms with Crippen molar-refractivity contribution in [3.05, 3.63) is 60.8 Å². The van der Waals surface area contributed by atoms with Crippen molar-refractivity contribution in [2.45, 2.75) is 439 Å². The van der Waals surface area contributed by atoms with Crippen LogP contribution in [0.5, 0.6) is 0 Å². The first-order valence-electron chi connectivity index (χ1n) is 42.0. The molecule has 0 bridgehead atoms. The van der Waals surface area contributed by atoms with Gasteiger partial charge >= 0.3 is 0 Å². The number of allylic oxidation sites excluding steroid dienone is 9. The first-order chi connectivity index (χ1) is 50.3. The van der Waals surface area contributed by atoms with Crippen LogP contribution in [0.2, 0.25) is 0 Å². The number of carbonyl (C=O) groups excluding carboxylic acids is 1. The van der Waals surface area contributed by atoms with Gasteiger partial charge in [-0.05, 0) is 77.0 Å². The molecule has 602 valence electrons. The van der Waals surface area contributed by atoms with E-state index in [1.807, 2.05) is 6.08 Å². The number of hydrogen-bond donors (Lipinski definition) is 12. The Balaban J connectivity index is 1.37. The molecule has 3 heterocycles. The molecule has 17 unspecified atom stereocenters. The molecule has 0 saturated carbocycles. The molecular formula is C84H153NO18. The third-order valence-corrected chi connectivity index (χ3v) is 20.8. The van der Waals surface area contributed by atoms with Crippen molar-refractivity contribution >= 4 is 5.91 Å². The highest BCUT2D eigenvalue weighted by Gasteiger charge is 2.54. The van der Waals surface area contributed by atoms with E-state index in [1.165, 1.54) is 250 Å². The Labute approximate surface area is 624 Å². The van der Waals surface area contributed by atoms with Crippen LogP contribution in [0.25, 0.3) is 0 Å². The average molecular weight is 1470 g/mol. The van der Waals surface area contributed by atoms with Crippen LogP contribution in [-0.2, 0) is 33.2 Å². The van der Waals surface area contributed by atoms with E-state index in [0.717, 1.165) is 51.4 Å². The lowest BCUT2D eigenvalue weighted by molar-refractivity contribution is -0.379. The Hall–Kier alpha value is -2.51. The zero-order valence-electron chi connectivity index (χ0n) is 64.5. The fourth-order valence-electron chi connectivity index (χ4n) is 14.0. The summed E-state index contributed by atoms with van der Waals surface area (Å²) in [5.74, 6) is -0.285. The van der Waals surface area contributed by atoms with Crippen molar-refractivity contribution in [2.24, 2.45) is 0 Å². The fourth-order valence-corrected chi connectivity index (χ4v) is 14.0. The predicted molar refractivity (Wildman–Crippen MR) is 411 cm³/mol. The van der Waals surface area contributed by atoms with Crippen LogP contribution in [-0.4, -0.2) is 193 Å². The topological polar surface area (TPSA) is 307 Å². The van der Waals surface area contributed by atoms with E-state index in [9.17, 15) is 61.0 Å². The fraction of sp³-hybridized carbons (Fsp3) is 0.869. The highest BCUT2D eigenvalue weighted by Crippen LogP contribution is 2.33. The van der Waals surface area contributed by atoms with Gasteiger partial charge in [0.25, 0.3) is 0 Å². The van der Waals surface area contributed by atoms with Crippen LogP contribution < -0.4 is 5.32 Å². The van der Waals surface area contributed by atoms with Gasteiger partial charge in [-0.25, -0.2) is 0 Å². The van der Waals surface area contributed by atoms with Gasteiger partial charge in [0, 0.05) is 6.42 Å². The predicted octanol–water partition coefficient (Wildman–Crippen LogP) is 14.6. The minimum atomic E-state index is -1.98. The van der Waals surface area contributed by atoms with Gasteiger partial charge in [-0.2, -0.15) is 0 Å². The number of ether oxygens (including phenoxy) is 6. The van der Waals surface area contributed by atoms with E-state index in [4.69, 9.17) is 28.4 Å². The normalized spacial score (nSPS) is 26.3. The van der Waals surface area contributed by atoms with Crippen molar-refractivity contribution in [3.63, 3.8) is 0 Å². The lowest BCUT2D eigenvalue weighted by atomic mass is 9.96. The number of aliphatic hydroxyl groups excluding tert-OH is 11. The standard InChI is InChI=1S/C84H153NO18/c1-3-5-7-9-11-13-15-17-19-21-23-25-27-29-31-32-33-34-36-38-40-42-44-46-48-50-52-54-56-58-60-62-72(90)85-67(68(89)61-59-57-55-53-51-49-47-45-43-41-39-37-35-30-28-26-24-22-20-18-16-14-12-10-8-6-4-2)66-98-82-78(96)75(93)80(70(64-87)100-82)103-84-79(97)76(94)81(71(65-88)101-84)102-83-77(95)74(92)73(91)69(63-86)99-83/h15,17,21,23,43,45,51,53,59,61,67-71,73-84,86-89,91-97H,3-14,16,18-20,22,24-42,44,46-50,52,54-58,60,62-66H2,1-2H3,(H,85,90)/b17-15-,23-21-,45-43+,53-51+,61-59+. The number of carbonyl (C=O) groups is 1.